The van der Waals surface area contributed by atoms with E-state index in [0.717, 1.165) is 5.56 Å². The number of benzene rings is 1. The largest absolute Gasteiger partial charge is 0.356 e. The molecule has 1 aromatic carbocycles. The lowest BCUT2D eigenvalue weighted by Crippen LogP contribution is -2.36. The Labute approximate surface area is 140 Å². The number of anilines is 1. The first-order valence-electron chi connectivity index (χ1n) is 7.96. The fourth-order valence-electron chi connectivity index (χ4n) is 2.28. The third-order valence-corrected chi connectivity index (χ3v) is 4.66. The number of hydrogen-bond donors (Lipinski definition) is 1. The molecule has 1 N–H and O–H groups in total. The Morgan fingerprint density at radius 2 is 1.78 bits per heavy atom. The number of carbonyl (C=O) groups excluding carboxylic acids is 1. The van der Waals surface area contributed by atoms with Gasteiger partial charge in [0.05, 0.1) is 11.9 Å². The highest BCUT2D eigenvalue weighted by molar-refractivity contribution is 7.92. The van der Waals surface area contributed by atoms with Gasteiger partial charge in [0, 0.05) is 19.5 Å². The lowest BCUT2D eigenvalue weighted by atomic mass is 10.0. The van der Waals surface area contributed by atoms with Gasteiger partial charge in [-0.1, -0.05) is 45.9 Å². The quantitative estimate of drug-likeness (QED) is 0.791. The lowest BCUT2D eigenvalue weighted by Gasteiger charge is -2.26. The predicted octanol–water partition coefficient (Wildman–Crippen LogP) is 2.74. The summed E-state index contributed by atoms with van der Waals surface area (Å²) in [4.78, 5) is 11.9. The molecular weight excluding hydrogens is 312 g/mol. The highest BCUT2D eigenvalue weighted by atomic mass is 32.2. The van der Waals surface area contributed by atoms with Crippen LogP contribution in [0.4, 0.5) is 5.69 Å². The van der Waals surface area contributed by atoms with E-state index in [1.54, 1.807) is 6.07 Å². The second-order valence-electron chi connectivity index (χ2n) is 6.50. The van der Waals surface area contributed by atoms with E-state index in [4.69, 9.17) is 0 Å². The monoisotopic (exact) mass is 340 g/mol. The summed E-state index contributed by atoms with van der Waals surface area (Å²) in [5.74, 6) is 0.436. The van der Waals surface area contributed by atoms with E-state index in [9.17, 15) is 13.2 Å². The zero-order valence-corrected chi connectivity index (χ0v) is 15.5. The first kappa shape index (κ1) is 19.5. The van der Waals surface area contributed by atoms with Crippen LogP contribution in [0.25, 0.3) is 0 Å². The highest BCUT2D eigenvalue weighted by Crippen LogP contribution is 2.29. The Kier molecular flexibility index (Phi) is 7.06. The first-order valence-corrected chi connectivity index (χ1v) is 9.81. The summed E-state index contributed by atoms with van der Waals surface area (Å²) >= 11 is 0. The molecule has 0 spiro atoms. The molecule has 0 unspecified atom stereocenters. The minimum Gasteiger partial charge on any atom is -0.356 e. The summed E-state index contributed by atoms with van der Waals surface area (Å²) in [5.41, 5.74) is 1.61. The van der Waals surface area contributed by atoms with Gasteiger partial charge in [-0.05, 0) is 23.5 Å². The van der Waals surface area contributed by atoms with Crippen molar-refractivity contribution < 1.29 is 13.2 Å². The molecule has 0 aliphatic heterocycles. The topological polar surface area (TPSA) is 66.5 Å². The van der Waals surface area contributed by atoms with Crippen LogP contribution < -0.4 is 9.62 Å². The van der Waals surface area contributed by atoms with Gasteiger partial charge in [0.2, 0.25) is 15.9 Å². The maximum atomic E-state index is 12.2. The van der Waals surface area contributed by atoms with E-state index < -0.39 is 10.0 Å². The molecule has 0 aromatic heterocycles. The summed E-state index contributed by atoms with van der Waals surface area (Å²) in [7, 11) is -3.45. The minimum absolute atomic E-state index is 0.130. The molecular formula is C17H28N2O3S. The van der Waals surface area contributed by atoms with E-state index in [2.05, 4.69) is 5.32 Å². The third-order valence-electron chi connectivity index (χ3n) is 3.48. The molecule has 0 saturated carbocycles. The number of carbonyl (C=O) groups is 1. The third kappa shape index (κ3) is 6.22. The fourth-order valence-corrected chi connectivity index (χ4v) is 3.22. The smallest absolute Gasteiger partial charge is 0.232 e. The summed E-state index contributed by atoms with van der Waals surface area (Å²) < 4.78 is 25.7. The normalized spacial score (nSPS) is 11.8. The Hall–Kier alpha value is -1.56. The molecule has 0 saturated heterocycles. The number of amides is 1. The van der Waals surface area contributed by atoms with Crippen LogP contribution in [0.1, 0.15) is 45.6 Å². The molecule has 0 radical (unpaired) electrons. The number of hydrogen-bond acceptors (Lipinski definition) is 3. The SMILES string of the molecule is CC(C)CNC(=O)CCN(c1ccccc1C(C)C)S(C)(=O)=O. The van der Waals surface area contributed by atoms with E-state index in [1.807, 2.05) is 45.9 Å². The second-order valence-corrected chi connectivity index (χ2v) is 8.40. The van der Waals surface area contributed by atoms with E-state index in [0.29, 0.717) is 18.2 Å². The van der Waals surface area contributed by atoms with Crippen LogP contribution in [0.3, 0.4) is 0 Å². The second kappa shape index (κ2) is 8.34. The van der Waals surface area contributed by atoms with Crippen LogP contribution in [-0.2, 0) is 14.8 Å². The summed E-state index contributed by atoms with van der Waals surface area (Å²) in [6.07, 6.45) is 1.32. The fraction of sp³-hybridized carbons (Fsp3) is 0.588. The van der Waals surface area contributed by atoms with Gasteiger partial charge >= 0.3 is 0 Å². The maximum Gasteiger partial charge on any atom is 0.232 e. The number of rotatable bonds is 8. The number of nitrogens with one attached hydrogen (secondary N) is 1. The van der Waals surface area contributed by atoms with Gasteiger partial charge in [-0.2, -0.15) is 0 Å². The molecule has 23 heavy (non-hydrogen) atoms. The first-order chi connectivity index (χ1) is 10.6. The Morgan fingerprint density at radius 1 is 1.17 bits per heavy atom. The maximum absolute atomic E-state index is 12.2. The zero-order chi connectivity index (χ0) is 17.6. The summed E-state index contributed by atoms with van der Waals surface area (Å²) in [5, 5.41) is 2.82. The standard InChI is InChI=1S/C17H28N2O3S/c1-13(2)12-18-17(20)10-11-19(23(5,21)22)16-9-7-6-8-15(16)14(3)4/h6-9,13-14H,10-12H2,1-5H3,(H,18,20). The van der Waals surface area contributed by atoms with E-state index in [-0.39, 0.29) is 24.8 Å². The highest BCUT2D eigenvalue weighted by Gasteiger charge is 2.22. The number of nitrogens with zero attached hydrogens (tertiary/aromatic N) is 1. The predicted molar refractivity (Wildman–Crippen MR) is 95.2 cm³/mol. The van der Waals surface area contributed by atoms with E-state index >= 15 is 0 Å². The van der Waals surface area contributed by atoms with Crippen molar-refractivity contribution in [1.82, 2.24) is 5.32 Å². The van der Waals surface area contributed by atoms with Gasteiger partial charge in [-0.25, -0.2) is 8.42 Å². The molecule has 6 heteroatoms. The molecule has 0 fully saturated rings. The van der Waals surface area contributed by atoms with Crippen LogP contribution >= 0.6 is 0 Å². The Bertz CT molecular complexity index is 624. The van der Waals surface area contributed by atoms with Crippen LogP contribution in [-0.4, -0.2) is 33.7 Å². The molecule has 0 bridgehead atoms. The lowest BCUT2D eigenvalue weighted by molar-refractivity contribution is -0.121. The van der Waals surface area contributed by atoms with Crippen LogP contribution in [0.15, 0.2) is 24.3 Å². The van der Waals surface area contributed by atoms with Crippen LogP contribution in [0.2, 0.25) is 0 Å². The summed E-state index contributed by atoms with van der Waals surface area (Å²) in [6, 6.07) is 7.44. The van der Waals surface area contributed by atoms with Crippen molar-refractivity contribution in [2.24, 2.45) is 5.92 Å². The zero-order valence-electron chi connectivity index (χ0n) is 14.7. The van der Waals surface area contributed by atoms with Gasteiger partial charge in [-0.15, -0.1) is 0 Å². The van der Waals surface area contributed by atoms with E-state index in [1.165, 1.54) is 10.6 Å². The van der Waals surface area contributed by atoms with Crippen molar-refractivity contribution in [1.29, 1.82) is 0 Å². The molecule has 1 rings (SSSR count). The molecule has 130 valence electrons. The summed E-state index contributed by atoms with van der Waals surface area (Å²) in [6.45, 7) is 8.82. The van der Waals surface area contributed by atoms with Gasteiger partial charge in [-0.3, -0.25) is 9.10 Å². The van der Waals surface area contributed by atoms with Gasteiger partial charge in [0.25, 0.3) is 0 Å². The van der Waals surface area contributed by atoms with Crippen molar-refractivity contribution in [2.45, 2.75) is 40.0 Å². The molecule has 1 aromatic rings. The Morgan fingerprint density at radius 3 is 2.30 bits per heavy atom. The van der Waals surface area contributed by atoms with Crippen molar-refractivity contribution in [3.63, 3.8) is 0 Å². The van der Waals surface area contributed by atoms with Gasteiger partial charge < -0.3 is 5.32 Å². The van der Waals surface area contributed by atoms with Crippen molar-refractivity contribution in [3.8, 4) is 0 Å². The average Bonchev–Trinajstić information content (AvgIpc) is 2.44. The molecule has 0 heterocycles. The molecule has 5 nitrogen and oxygen atoms in total. The molecule has 1 amide bonds. The molecule has 0 aliphatic rings. The van der Waals surface area contributed by atoms with Gasteiger partial charge in [0.15, 0.2) is 0 Å². The van der Waals surface area contributed by atoms with Crippen molar-refractivity contribution in [2.75, 3.05) is 23.7 Å². The van der Waals surface area contributed by atoms with Crippen LogP contribution in [0.5, 0.6) is 0 Å². The number of sulfonamides is 1. The number of para-hydroxylation sites is 1. The molecule has 0 aliphatic carbocycles. The van der Waals surface area contributed by atoms with Gasteiger partial charge in [0.1, 0.15) is 0 Å². The van der Waals surface area contributed by atoms with Crippen molar-refractivity contribution >= 4 is 21.6 Å². The van der Waals surface area contributed by atoms with Crippen molar-refractivity contribution in [3.05, 3.63) is 29.8 Å². The van der Waals surface area contributed by atoms with Crippen LogP contribution in [0, 0.1) is 5.92 Å². The Balaban J connectivity index is 2.94. The minimum atomic E-state index is -3.45. The molecule has 0 atom stereocenters. The average molecular weight is 340 g/mol.